The molecule has 126 valence electrons. The zero-order chi connectivity index (χ0) is 16.5. The monoisotopic (exact) mass is 336 g/mol. The molecule has 23 heavy (non-hydrogen) atoms. The maximum atomic E-state index is 5.80. The number of morpholine rings is 1. The van der Waals surface area contributed by atoms with E-state index in [0.717, 1.165) is 36.0 Å². The van der Waals surface area contributed by atoms with Crippen molar-refractivity contribution in [2.45, 2.75) is 26.6 Å². The fraction of sp³-hybridized carbons (Fsp3) is 0.471. The molecular formula is C17H24N2O3S. The summed E-state index contributed by atoms with van der Waals surface area (Å²) in [6.07, 6.45) is 0.0850. The third-order valence-electron chi connectivity index (χ3n) is 3.18. The third kappa shape index (κ3) is 5.28. The lowest BCUT2D eigenvalue weighted by atomic mass is 10.1. The summed E-state index contributed by atoms with van der Waals surface area (Å²) >= 11 is 1.53. The van der Waals surface area contributed by atoms with Crippen LogP contribution in [0.25, 0.3) is 0 Å². The molecule has 2 aromatic rings. The zero-order valence-corrected chi connectivity index (χ0v) is 14.7. The lowest BCUT2D eigenvalue weighted by Gasteiger charge is -2.24. The summed E-state index contributed by atoms with van der Waals surface area (Å²) in [5.41, 5.74) is 1.12. The van der Waals surface area contributed by atoms with Crippen molar-refractivity contribution < 1.29 is 14.2 Å². The molecule has 0 bridgehead atoms. The van der Waals surface area contributed by atoms with Crippen molar-refractivity contribution >= 4 is 11.3 Å². The second-order valence-electron chi connectivity index (χ2n) is 4.75. The Kier molecular flexibility index (Phi) is 7.48. The Labute approximate surface area is 141 Å². The number of thiazole rings is 1. The largest absolute Gasteiger partial charge is 0.438 e. The fourth-order valence-corrected chi connectivity index (χ4v) is 2.88. The van der Waals surface area contributed by atoms with Crippen molar-refractivity contribution in [3.05, 3.63) is 40.2 Å². The molecule has 0 saturated carbocycles. The lowest BCUT2D eigenvalue weighted by molar-refractivity contribution is 0.0276. The predicted molar refractivity (Wildman–Crippen MR) is 92.3 cm³/mol. The van der Waals surface area contributed by atoms with Crippen LogP contribution in [0.15, 0.2) is 29.6 Å². The Morgan fingerprint density at radius 2 is 2.26 bits per heavy atom. The minimum Gasteiger partial charge on any atom is -0.438 e. The van der Waals surface area contributed by atoms with E-state index in [9.17, 15) is 0 Å². The first-order chi connectivity index (χ1) is 11.3. The SMILES string of the molecule is CC.COCc1nc(Oc2cccc(C3CNCCO3)c2)cs1. The summed E-state index contributed by atoms with van der Waals surface area (Å²) in [6.45, 7) is 6.99. The lowest BCUT2D eigenvalue weighted by Crippen LogP contribution is -2.33. The van der Waals surface area contributed by atoms with Gasteiger partial charge in [-0.3, -0.25) is 0 Å². The summed E-state index contributed by atoms with van der Waals surface area (Å²) in [6, 6.07) is 7.97. The van der Waals surface area contributed by atoms with Crippen LogP contribution >= 0.6 is 11.3 Å². The first kappa shape index (κ1) is 17.9. The first-order valence-corrected chi connectivity index (χ1v) is 8.76. The Morgan fingerprint density at radius 3 is 3.00 bits per heavy atom. The van der Waals surface area contributed by atoms with Gasteiger partial charge in [0.2, 0.25) is 5.88 Å². The standard InChI is InChI=1S/C15H18N2O3S.C2H6/c1-18-9-15-17-14(10-21-15)20-12-4-2-3-11(7-12)13-8-16-5-6-19-13;1-2/h2-4,7,10,13,16H,5-6,8-9H2,1H3;1-2H3. The molecule has 0 radical (unpaired) electrons. The van der Waals surface area contributed by atoms with Gasteiger partial charge in [0.05, 0.1) is 24.7 Å². The first-order valence-electron chi connectivity index (χ1n) is 7.88. The summed E-state index contributed by atoms with van der Waals surface area (Å²) in [7, 11) is 1.66. The highest BCUT2D eigenvalue weighted by atomic mass is 32.1. The van der Waals surface area contributed by atoms with E-state index in [-0.39, 0.29) is 6.10 Å². The maximum absolute atomic E-state index is 5.80. The quantitative estimate of drug-likeness (QED) is 0.901. The van der Waals surface area contributed by atoms with Crippen molar-refractivity contribution in [1.29, 1.82) is 0 Å². The number of hydrogen-bond acceptors (Lipinski definition) is 6. The van der Waals surface area contributed by atoms with Crippen LogP contribution in [0.3, 0.4) is 0 Å². The van der Waals surface area contributed by atoms with E-state index in [0.29, 0.717) is 12.5 Å². The zero-order valence-electron chi connectivity index (χ0n) is 13.9. The number of ether oxygens (including phenoxy) is 3. The van der Waals surface area contributed by atoms with Crippen LogP contribution in [0.2, 0.25) is 0 Å². The highest BCUT2D eigenvalue weighted by Gasteiger charge is 2.16. The van der Waals surface area contributed by atoms with Crippen LogP contribution < -0.4 is 10.1 Å². The van der Waals surface area contributed by atoms with Gasteiger partial charge in [-0.25, -0.2) is 4.98 Å². The van der Waals surface area contributed by atoms with Gasteiger partial charge in [-0.05, 0) is 17.7 Å². The molecule has 1 atom stereocenters. The number of nitrogens with zero attached hydrogens (tertiary/aromatic N) is 1. The Hall–Kier alpha value is -1.47. The smallest absolute Gasteiger partial charge is 0.230 e. The fourth-order valence-electron chi connectivity index (χ4n) is 2.21. The van der Waals surface area contributed by atoms with Crippen molar-refractivity contribution in [3.8, 4) is 11.6 Å². The number of aromatic nitrogens is 1. The van der Waals surface area contributed by atoms with E-state index >= 15 is 0 Å². The molecule has 1 aromatic carbocycles. The van der Waals surface area contributed by atoms with Gasteiger partial charge >= 0.3 is 0 Å². The van der Waals surface area contributed by atoms with Crippen molar-refractivity contribution in [2.75, 3.05) is 26.8 Å². The molecule has 2 heterocycles. The van der Waals surface area contributed by atoms with E-state index in [2.05, 4.69) is 16.4 Å². The normalized spacial score (nSPS) is 17.3. The third-order valence-corrected chi connectivity index (χ3v) is 3.98. The second kappa shape index (κ2) is 9.62. The van der Waals surface area contributed by atoms with Crippen LogP contribution in [-0.2, 0) is 16.1 Å². The molecule has 3 rings (SSSR count). The van der Waals surface area contributed by atoms with Gasteiger partial charge in [0, 0.05) is 20.2 Å². The highest BCUT2D eigenvalue weighted by molar-refractivity contribution is 7.09. The molecular weight excluding hydrogens is 312 g/mol. The molecule has 1 aliphatic heterocycles. The Balaban J connectivity index is 0.000000924. The molecule has 6 heteroatoms. The van der Waals surface area contributed by atoms with Crippen LogP contribution in [0.4, 0.5) is 0 Å². The van der Waals surface area contributed by atoms with Gasteiger partial charge in [0.25, 0.3) is 0 Å². The average molecular weight is 336 g/mol. The number of hydrogen-bond donors (Lipinski definition) is 1. The van der Waals surface area contributed by atoms with Crippen molar-refractivity contribution in [2.24, 2.45) is 0 Å². The average Bonchev–Trinajstić information content (AvgIpc) is 3.05. The number of benzene rings is 1. The summed E-state index contributed by atoms with van der Waals surface area (Å²) in [4.78, 5) is 4.37. The molecule has 1 aliphatic rings. The van der Waals surface area contributed by atoms with Crippen LogP contribution in [0.1, 0.15) is 30.5 Å². The molecule has 1 aromatic heterocycles. The molecule has 1 N–H and O–H groups in total. The van der Waals surface area contributed by atoms with Gasteiger partial charge in [-0.1, -0.05) is 26.0 Å². The molecule has 0 amide bonds. The van der Waals surface area contributed by atoms with Gasteiger partial charge < -0.3 is 19.5 Å². The van der Waals surface area contributed by atoms with Gasteiger partial charge in [-0.2, -0.15) is 0 Å². The second-order valence-corrected chi connectivity index (χ2v) is 5.69. The van der Waals surface area contributed by atoms with Gasteiger partial charge in [0.1, 0.15) is 10.8 Å². The highest BCUT2D eigenvalue weighted by Crippen LogP contribution is 2.27. The molecule has 1 saturated heterocycles. The number of nitrogens with one attached hydrogen (secondary N) is 1. The van der Waals surface area contributed by atoms with E-state index < -0.39 is 0 Å². The summed E-state index contributed by atoms with van der Waals surface area (Å²) in [5.74, 6) is 1.38. The molecule has 5 nitrogen and oxygen atoms in total. The van der Waals surface area contributed by atoms with E-state index in [1.165, 1.54) is 11.3 Å². The molecule has 1 fully saturated rings. The van der Waals surface area contributed by atoms with E-state index in [1.807, 2.05) is 37.4 Å². The number of rotatable bonds is 5. The topological polar surface area (TPSA) is 52.6 Å². The Bertz CT molecular complexity index is 583. The predicted octanol–water partition coefficient (Wildman–Crippen LogP) is 3.77. The minimum atomic E-state index is 0.0850. The van der Waals surface area contributed by atoms with Crippen molar-refractivity contribution in [3.63, 3.8) is 0 Å². The Morgan fingerprint density at radius 1 is 1.39 bits per heavy atom. The van der Waals surface area contributed by atoms with Crippen molar-refractivity contribution in [1.82, 2.24) is 10.3 Å². The molecule has 0 spiro atoms. The summed E-state index contributed by atoms with van der Waals surface area (Å²) in [5, 5.41) is 6.12. The van der Waals surface area contributed by atoms with Gasteiger partial charge in [-0.15, -0.1) is 11.3 Å². The van der Waals surface area contributed by atoms with Crippen LogP contribution in [-0.4, -0.2) is 31.8 Å². The maximum Gasteiger partial charge on any atom is 0.230 e. The van der Waals surface area contributed by atoms with Gasteiger partial charge in [0.15, 0.2) is 0 Å². The minimum absolute atomic E-state index is 0.0850. The molecule has 0 aliphatic carbocycles. The molecule has 1 unspecified atom stereocenters. The number of methoxy groups -OCH3 is 1. The van der Waals surface area contributed by atoms with Crippen LogP contribution in [0.5, 0.6) is 11.6 Å². The summed E-state index contributed by atoms with van der Waals surface area (Å²) < 4.78 is 16.6. The van der Waals surface area contributed by atoms with Crippen LogP contribution in [0, 0.1) is 0 Å². The van der Waals surface area contributed by atoms with E-state index in [4.69, 9.17) is 14.2 Å². The van der Waals surface area contributed by atoms with E-state index in [1.54, 1.807) is 7.11 Å².